The molecule has 3 rings (SSSR count). The van der Waals surface area contributed by atoms with Gasteiger partial charge in [0, 0.05) is 30.6 Å². The Morgan fingerprint density at radius 3 is 2.48 bits per heavy atom. The number of nitrogens with zero attached hydrogens (tertiary/aromatic N) is 1. The van der Waals surface area contributed by atoms with Gasteiger partial charge >= 0.3 is 0 Å². The molecule has 0 bridgehead atoms. The van der Waals surface area contributed by atoms with Crippen molar-refractivity contribution >= 4 is 5.91 Å². The molecule has 1 saturated heterocycles. The van der Waals surface area contributed by atoms with Gasteiger partial charge in [-0.1, -0.05) is 12.1 Å². The van der Waals surface area contributed by atoms with Gasteiger partial charge in [-0.3, -0.25) is 4.79 Å². The van der Waals surface area contributed by atoms with Gasteiger partial charge in [0.15, 0.2) is 0 Å². The molecule has 0 saturated carbocycles. The van der Waals surface area contributed by atoms with Crippen LogP contribution in [0.5, 0.6) is 5.75 Å². The van der Waals surface area contributed by atoms with E-state index in [0.717, 1.165) is 17.7 Å². The minimum Gasteiger partial charge on any atom is -0.494 e. The molecule has 2 aromatic rings. The fourth-order valence-corrected chi connectivity index (χ4v) is 3.32. The van der Waals surface area contributed by atoms with E-state index < -0.39 is 0 Å². The van der Waals surface area contributed by atoms with Crippen molar-refractivity contribution in [3.63, 3.8) is 0 Å². The van der Waals surface area contributed by atoms with Gasteiger partial charge in [0.05, 0.1) is 6.61 Å². The quantitative estimate of drug-likeness (QED) is 0.928. The Morgan fingerprint density at radius 1 is 1.16 bits per heavy atom. The van der Waals surface area contributed by atoms with Crippen molar-refractivity contribution in [1.29, 1.82) is 0 Å². The molecule has 1 heterocycles. The van der Waals surface area contributed by atoms with Crippen LogP contribution in [0.4, 0.5) is 4.39 Å². The number of piperidine rings is 1. The lowest BCUT2D eigenvalue weighted by Crippen LogP contribution is -2.48. The minimum atomic E-state index is -0.348. The van der Waals surface area contributed by atoms with E-state index in [9.17, 15) is 9.18 Å². The second-order valence-corrected chi connectivity index (χ2v) is 6.41. The van der Waals surface area contributed by atoms with Gasteiger partial charge in [0.25, 0.3) is 5.91 Å². The number of rotatable bonds is 4. The predicted octanol–water partition coefficient (Wildman–Crippen LogP) is 3.18. The molecule has 0 radical (unpaired) electrons. The Labute approximate surface area is 147 Å². The lowest BCUT2D eigenvalue weighted by atomic mass is 9.88. The number of ether oxygens (including phenoxy) is 1. The lowest BCUT2D eigenvalue weighted by Gasteiger charge is -2.36. The number of benzene rings is 2. The summed E-state index contributed by atoms with van der Waals surface area (Å²) in [4.78, 5) is 14.5. The second kappa shape index (κ2) is 7.66. The summed E-state index contributed by atoms with van der Waals surface area (Å²) in [5.74, 6) is 0.569. The number of carbonyl (C=O) groups excluding carboxylic acids is 1. The third kappa shape index (κ3) is 4.17. The zero-order valence-corrected chi connectivity index (χ0v) is 14.3. The van der Waals surface area contributed by atoms with Crippen LogP contribution in [0.25, 0.3) is 0 Å². The summed E-state index contributed by atoms with van der Waals surface area (Å²) >= 11 is 0. The van der Waals surface area contributed by atoms with Gasteiger partial charge in [-0.2, -0.15) is 0 Å². The van der Waals surface area contributed by atoms with Gasteiger partial charge in [0.2, 0.25) is 0 Å². The van der Waals surface area contributed by atoms with Crippen molar-refractivity contribution in [3.05, 3.63) is 65.5 Å². The lowest BCUT2D eigenvalue weighted by molar-refractivity contribution is 0.0689. The molecule has 4 nitrogen and oxygen atoms in total. The predicted molar refractivity (Wildman–Crippen MR) is 95.2 cm³/mol. The molecule has 2 unspecified atom stereocenters. The molecule has 5 heteroatoms. The van der Waals surface area contributed by atoms with Crippen LogP contribution in [0.15, 0.2) is 48.5 Å². The molecule has 0 aliphatic carbocycles. The van der Waals surface area contributed by atoms with E-state index in [1.165, 1.54) is 24.3 Å². The standard InChI is InChI=1S/C20H23FN2O2/c1-2-25-19-9-5-14(6-10-19)16-11-18(22)13-23(12-16)20(24)15-3-7-17(21)8-4-15/h3-10,16,18H,2,11-13,22H2,1H3. The summed E-state index contributed by atoms with van der Waals surface area (Å²) < 4.78 is 18.5. The van der Waals surface area contributed by atoms with Crippen LogP contribution >= 0.6 is 0 Å². The number of halogens is 1. The maximum atomic E-state index is 13.1. The number of hydrogen-bond acceptors (Lipinski definition) is 3. The van der Waals surface area contributed by atoms with Crippen molar-refractivity contribution in [3.8, 4) is 5.75 Å². The highest BCUT2D eigenvalue weighted by Gasteiger charge is 2.29. The monoisotopic (exact) mass is 342 g/mol. The second-order valence-electron chi connectivity index (χ2n) is 6.41. The summed E-state index contributed by atoms with van der Waals surface area (Å²) in [6.07, 6.45) is 0.835. The minimum absolute atomic E-state index is 0.0743. The number of hydrogen-bond donors (Lipinski definition) is 1. The Balaban J connectivity index is 1.74. The van der Waals surface area contributed by atoms with Crippen LogP contribution in [0.2, 0.25) is 0 Å². The van der Waals surface area contributed by atoms with Crippen molar-refractivity contribution in [2.45, 2.75) is 25.3 Å². The zero-order valence-electron chi connectivity index (χ0n) is 14.3. The van der Waals surface area contributed by atoms with Crippen LogP contribution in [0.3, 0.4) is 0 Å². The van der Waals surface area contributed by atoms with Crippen molar-refractivity contribution in [2.24, 2.45) is 5.73 Å². The number of nitrogens with two attached hydrogens (primary N) is 1. The summed E-state index contributed by atoms with van der Waals surface area (Å²) in [6.45, 7) is 3.71. The molecule has 1 aliphatic heterocycles. The normalized spacial score (nSPS) is 20.4. The van der Waals surface area contributed by atoms with Gasteiger partial charge in [-0.05, 0) is 55.3 Å². The molecular formula is C20H23FN2O2. The molecule has 1 amide bonds. The third-order valence-corrected chi connectivity index (χ3v) is 4.52. The van der Waals surface area contributed by atoms with E-state index in [-0.39, 0.29) is 23.7 Å². The van der Waals surface area contributed by atoms with Crippen molar-refractivity contribution < 1.29 is 13.9 Å². The van der Waals surface area contributed by atoms with Gasteiger partial charge in [-0.15, -0.1) is 0 Å². The van der Waals surface area contributed by atoms with E-state index in [4.69, 9.17) is 10.5 Å². The molecule has 0 aromatic heterocycles. The largest absolute Gasteiger partial charge is 0.494 e. The number of likely N-dealkylation sites (tertiary alicyclic amines) is 1. The van der Waals surface area contributed by atoms with Crippen LogP contribution in [0.1, 0.15) is 35.2 Å². The molecular weight excluding hydrogens is 319 g/mol. The Bertz CT molecular complexity index is 715. The first-order valence-corrected chi connectivity index (χ1v) is 8.60. The molecule has 25 heavy (non-hydrogen) atoms. The first-order chi connectivity index (χ1) is 12.1. The van der Waals surface area contributed by atoms with Crippen LogP contribution in [0, 0.1) is 5.82 Å². The maximum Gasteiger partial charge on any atom is 0.253 e. The molecule has 132 valence electrons. The summed E-state index contributed by atoms with van der Waals surface area (Å²) in [5, 5.41) is 0. The van der Waals surface area contributed by atoms with Gasteiger partial charge in [-0.25, -0.2) is 4.39 Å². The fourth-order valence-electron chi connectivity index (χ4n) is 3.32. The van der Waals surface area contributed by atoms with E-state index in [1.807, 2.05) is 31.2 Å². The topological polar surface area (TPSA) is 55.6 Å². The van der Waals surface area contributed by atoms with Crippen molar-refractivity contribution in [1.82, 2.24) is 4.90 Å². The van der Waals surface area contributed by atoms with E-state index in [0.29, 0.717) is 25.3 Å². The van der Waals surface area contributed by atoms with Crippen molar-refractivity contribution in [2.75, 3.05) is 19.7 Å². The van der Waals surface area contributed by atoms with Gasteiger partial charge < -0.3 is 15.4 Å². The van der Waals surface area contributed by atoms with Crippen LogP contribution < -0.4 is 10.5 Å². The Hall–Kier alpha value is -2.40. The average molecular weight is 342 g/mol. The van der Waals surface area contributed by atoms with Crippen LogP contribution in [-0.4, -0.2) is 36.5 Å². The first kappa shape index (κ1) is 17.4. The Kier molecular flexibility index (Phi) is 5.34. The van der Waals surface area contributed by atoms with Gasteiger partial charge in [0.1, 0.15) is 11.6 Å². The fraction of sp³-hybridized carbons (Fsp3) is 0.350. The highest BCUT2D eigenvalue weighted by atomic mass is 19.1. The third-order valence-electron chi connectivity index (χ3n) is 4.52. The highest BCUT2D eigenvalue weighted by Crippen LogP contribution is 2.28. The molecule has 2 aromatic carbocycles. The molecule has 1 aliphatic rings. The average Bonchev–Trinajstić information content (AvgIpc) is 2.62. The molecule has 2 atom stereocenters. The number of amides is 1. The summed E-state index contributed by atoms with van der Waals surface area (Å²) in [6, 6.07) is 13.5. The van der Waals surface area contributed by atoms with E-state index in [2.05, 4.69) is 0 Å². The highest BCUT2D eigenvalue weighted by molar-refractivity contribution is 5.94. The maximum absolute atomic E-state index is 13.1. The van der Waals surface area contributed by atoms with E-state index in [1.54, 1.807) is 4.90 Å². The smallest absolute Gasteiger partial charge is 0.253 e. The summed E-state index contributed by atoms with van der Waals surface area (Å²) in [7, 11) is 0. The molecule has 1 fully saturated rings. The van der Waals surface area contributed by atoms with Crippen LogP contribution in [-0.2, 0) is 0 Å². The van der Waals surface area contributed by atoms with E-state index >= 15 is 0 Å². The zero-order chi connectivity index (χ0) is 17.8. The first-order valence-electron chi connectivity index (χ1n) is 8.60. The molecule has 2 N–H and O–H groups in total. The SMILES string of the molecule is CCOc1ccc(C2CC(N)CN(C(=O)c3ccc(F)cc3)C2)cc1. The number of carbonyl (C=O) groups is 1. The molecule has 0 spiro atoms. The Morgan fingerprint density at radius 2 is 1.84 bits per heavy atom. The summed E-state index contributed by atoms with van der Waals surface area (Å²) in [5.41, 5.74) is 7.83.